The van der Waals surface area contributed by atoms with Crippen LogP contribution in [-0.4, -0.2) is 42.5 Å². The van der Waals surface area contributed by atoms with Crippen molar-refractivity contribution in [1.29, 1.82) is 0 Å². The van der Waals surface area contributed by atoms with E-state index in [0.717, 1.165) is 31.3 Å². The number of methoxy groups -OCH3 is 1. The van der Waals surface area contributed by atoms with Crippen LogP contribution in [0.3, 0.4) is 0 Å². The van der Waals surface area contributed by atoms with E-state index < -0.39 is 22.0 Å². The second-order valence-corrected chi connectivity index (χ2v) is 8.47. The zero-order valence-corrected chi connectivity index (χ0v) is 16.4. The molecule has 1 fully saturated rings. The van der Waals surface area contributed by atoms with E-state index in [9.17, 15) is 18.0 Å². The summed E-state index contributed by atoms with van der Waals surface area (Å²) in [6.07, 6.45) is 1.94. The van der Waals surface area contributed by atoms with Crippen LogP contribution in [0.1, 0.15) is 45.6 Å². The molecule has 3 rings (SSSR count). The molecule has 2 heterocycles. The summed E-state index contributed by atoms with van der Waals surface area (Å²) in [6.45, 7) is 3.18. The van der Waals surface area contributed by atoms with Gasteiger partial charge in [-0.3, -0.25) is 5.32 Å². The third-order valence-corrected chi connectivity index (χ3v) is 6.44. The van der Waals surface area contributed by atoms with Crippen LogP contribution < -0.4 is 10.0 Å². The van der Waals surface area contributed by atoms with Crippen molar-refractivity contribution in [2.75, 3.05) is 12.4 Å². The van der Waals surface area contributed by atoms with E-state index in [1.165, 1.54) is 12.3 Å². The lowest BCUT2D eigenvalue weighted by atomic mass is 10.3. The standard InChI is InChI=1S/C15H17N5O5S2/c1-7-6-26-10(13(21)25-3)11(7)27(23,24)20-15(22)19-14-17-8(2)16-12(18-14)9-4-5-9/h6,9H,4-5H2,1-3H3,(H2,16,17,18,19,20,22). The first-order valence-corrected chi connectivity index (χ1v) is 10.3. The lowest BCUT2D eigenvalue weighted by Gasteiger charge is -2.10. The summed E-state index contributed by atoms with van der Waals surface area (Å²) in [5.74, 6) is 0.410. The van der Waals surface area contributed by atoms with Crippen molar-refractivity contribution >= 4 is 39.3 Å². The van der Waals surface area contributed by atoms with Gasteiger partial charge in [-0.05, 0) is 37.6 Å². The Morgan fingerprint density at radius 3 is 2.56 bits per heavy atom. The minimum Gasteiger partial charge on any atom is -0.465 e. The molecular formula is C15H17N5O5S2. The summed E-state index contributed by atoms with van der Waals surface area (Å²) in [6, 6.07) is -1.04. The van der Waals surface area contributed by atoms with Gasteiger partial charge in [0.1, 0.15) is 21.4 Å². The van der Waals surface area contributed by atoms with Gasteiger partial charge >= 0.3 is 12.0 Å². The van der Waals surface area contributed by atoms with Crippen molar-refractivity contribution in [2.45, 2.75) is 37.5 Å². The number of rotatable bonds is 5. The Balaban J connectivity index is 1.80. The molecule has 2 aromatic rings. The number of nitrogens with one attached hydrogen (secondary N) is 2. The number of esters is 1. The number of hydrogen-bond acceptors (Lipinski definition) is 9. The van der Waals surface area contributed by atoms with E-state index in [1.54, 1.807) is 6.92 Å². The summed E-state index contributed by atoms with van der Waals surface area (Å²) in [7, 11) is -3.15. The van der Waals surface area contributed by atoms with Crippen LogP contribution in [0.2, 0.25) is 0 Å². The number of carbonyl (C=O) groups is 2. The fraction of sp³-hybridized carbons (Fsp3) is 0.400. The van der Waals surface area contributed by atoms with Crippen LogP contribution >= 0.6 is 11.3 Å². The molecule has 0 unspecified atom stereocenters. The molecule has 12 heteroatoms. The Kier molecular flexibility index (Phi) is 5.11. The van der Waals surface area contributed by atoms with Crippen molar-refractivity contribution in [1.82, 2.24) is 19.7 Å². The molecule has 2 aromatic heterocycles. The molecule has 10 nitrogen and oxygen atoms in total. The van der Waals surface area contributed by atoms with E-state index in [0.29, 0.717) is 17.2 Å². The maximum atomic E-state index is 12.6. The van der Waals surface area contributed by atoms with E-state index in [-0.39, 0.29) is 21.6 Å². The number of thiophene rings is 1. The van der Waals surface area contributed by atoms with Gasteiger partial charge in [-0.2, -0.15) is 9.97 Å². The van der Waals surface area contributed by atoms with Gasteiger partial charge in [0.25, 0.3) is 10.0 Å². The quantitative estimate of drug-likeness (QED) is 0.709. The smallest absolute Gasteiger partial charge is 0.349 e. The zero-order valence-electron chi connectivity index (χ0n) is 14.8. The van der Waals surface area contributed by atoms with Gasteiger partial charge in [0.15, 0.2) is 0 Å². The molecule has 0 saturated heterocycles. The lowest BCUT2D eigenvalue weighted by Crippen LogP contribution is -2.35. The highest BCUT2D eigenvalue weighted by atomic mass is 32.2. The molecule has 27 heavy (non-hydrogen) atoms. The van der Waals surface area contributed by atoms with Gasteiger partial charge in [0, 0.05) is 5.92 Å². The first-order valence-electron chi connectivity index (χ1n) is 7.94. The fourth-order valence-corrected chi connectivity index (χ4v) is 5.00. The molecule has 0 spiro atoms. The van der Waals surface area contributed by atoms with Gasteiger partial charge in [0.05, 0.1) is 7.11 Å². The summed E-state index contributed by atoms with van der Waals surface area (Å²) in [5, 5.41) is 3.80. The third kappa shape index (κ3) is 4.22. The average molecular weight is 411 g/mol. The van der Waals surface area contributed by atoms with Crippen LogP contribution in [0.5, 0.6) is 0 Å². The van der Waals surface area contributed by atoms with Crippen LogP contribution in [0.4, 0.5) is 10.7 Å². The molecule has 1 saturated carbocycles. The van der Waals surface area contributed by atoms with Crippen molar-refractivity contribution in [2.24, 2.45) is 0 Å². The molecule has 1 aliphatic rings. The number of carbonyl (C=O) groups excluding carboxylic acids is 2. The summed E-state index contributed by atoms with van der Waals surface area (Å²) < 4.78 is 31.6. The molecular weight excluding hydrogens is 394 g/mol. The number of amides is 2. The highest BCUT2D eigenvalue weighted by Crippen LogP contribution is 2.38. The monoisotopic (exact) mass is 411 g/mol. The Bertz CT molecular complexity index is 1010. The SMILES string of the molecule is COC(=O)c1scc(C)c1S(=O)(=O)NC(=O)Nc1nc(C)nc(C2CC2)n1. The fourth-order valence-electron chi connectivity index (χ4n) is 2.38. The number of hydrogen-bond donors (Lipinski definition) is 2. The summed E-state index contributed by atoms with van der Waals surface area (Å²) in [4.78, 5) is 35.9. The Hall–Kier alpha value is -2.60. The molecule has 2 N–H and O–H groups in total. The van der Waals surface area contributed by atoms with Gasteiger partial charge in [-0.1, -0.05) is 0 Å². The number of anilines is 1. The second-order valence-electron chi connectivity index (χ2n) is 5.97. The molecule has 2 amide bonds. The second kappa shape index (κ2) is 7.19. The lowest BCUT2D eigenvalue weighted by molar-refractivity contribution is 0.0602. The molecule has 0 atom stereocenters. The Morgan fingerprint density at radius 2 is 1.93 bits per heavy atom. The maximum Gasteiger partial charge on any atom is 0.349 e. The van der Waals surface area contributed by atoms with Crippen molar-refractivity contribution in [3.05, 3.63) is 27.5 Å². The average Bonchev–Trinajstić information content (AvgIpc) is 3.34. The van der Waals surface area contributed by atoms with Crippen LogP contribution in [0.25, 0.3) is 0 Å². The number of urea groups is 1. The molecule has 144 valence electrons. The number of aryl methyl sites for hydroxylation is 2. The predicted octanol–water partition coefficient (Wildman–Crippen LogP) is 1.72. The third-order valence-electron chi connectivity index (χ3n) is 3.72. The molecule has 0 aliphatic heterocycles. The molecule has 1 aliphatic carbocycles. The number of sulfonamides is 1. The summed E-state index contributed by atoms with van der Waals surface area (Å²) >= 11 is 0.922. The minimum absolute atomic E-state index is 0.0349. The molecule has 0 bridgehead atoms. The van der Waals surface area contributed by atoms with Crippen molar-refractivity contribution in [3.63, 3.8) is 0 Å². The first-order chi connectivity index (χ1) is 12.7. The molecule has 0 aromatic carbocycles. The Morgan fingerprint density at radius 1 is 1.22 bits per heavy atom. The molecule has 0 radical (unpaired) electrons. The van der Waals surface area contributed by atoms with E-state index in [1.807, 2.05) is 4.72 Å². The van der Waals surface area contributed by atoms with Gasteiger partial charge < -0.3 is 4.74 Å². The van der Waals surface area contributed by atoms with Crippen LogP contribution in [-0.2, 0) is 14.8 Å². The van der Waals surface area contributed by atoms with Gasteiger partial charge in [-0.25, -0.2) is 27.7 Å². The Labute approximate surface area is 159 Å². The van der Waals surface area contributed by atoms with Gasteiger partial charge in [0.2, 0.25) is 5.95 Å². The van der Waals surface area contributed by atoms with E-state index >= 15 is 0 Å². The highest BCUT2D eigenvalue weighted by molar-refractivity contribution is 7.90. The van der Waals surface area contributed by atoms with Crippen LogP contribution in [0, 0.1) is 13.8 Å². The number of nitrogens with zero attached hydrogens (tertiary/aromatic N) is 3. The zero-order chi connectivity index (χ0) is 19.8. The van der Waals surface area contributed by atoms with Crippen molar-refractivity contribution < 1.29 is 22.7 Å². The van der Waals surface area contributed by atoms with Crippen LogP contribution in [0.15, 0.2) is 10.3 Å². The van der Waals surface area contributed by atoms with Crippen molar-refractivity contribution in [3.8, 4) is 0 Å². The largest absolute Gasteiger partial charge is 0.465 e. The predicted molar refractivity (Wildman–Crippen MR) is 96.3 cm³/mol. The maximum absolute atomic E-state index is 12.6. The minimum atomic E-state index is -4.30. The normalized spacial score (nSPS) is 13.9. The van der Waals surface area contributed by atoms with Gasteiger partial charge in [-0.15, -0.1) is 11.3 Å². The number of aromatic nitrogens is 3. The topological polar surface area (TPSA) is 140 Å². The summed E-state index contributed by atoms with van der Waals surface area (Å²) in [5.41, 5.74) is 0.327. The highest BCUT2D eigenvalue weighted by Gasteiger charge is 2.30. The van der Waals surface area contributed by atoms with E-state index in [4.69, 9.17) is 0 Å². The number of ether oxygens (including phenoxy) is 1. The first kappa shape index (κ1) is 19.2. The van der Waals surface area contributed by atoms with E-state index in [2.05, 4.69) is 25.0 Å².